The van der Waals surface area contributed by atoms with Gasteiger partial charge >= 0.3 is 0 Å². The van der Waals surface area contributed by atoms with E-state index in [0.29, 0.717) is 34.1 Å². The summed E-state index contributed by atoms with van der Waals surface area (Å²) < 4.78 is 11.1. The number of carbonyl (C=O) groups excluding carboxylic acids is 2. The molecule has 0 fully saturated rings. The van der Waals surface area contributed by atoms with Gasteiger partial charge in [0.25, 0.3) is 11.8 Å². The van der Waals surface area contributed by atoms with Crippen LogP contribution in [0, 0.1) is 6.92 Å². The predicted molar refractivity (Wildman–Crippen MR) is 123 cm³/mol. The first-order valence-electron chi connectivity index (χ1n) is 10.2. The smallest absolute Gasteiger partial charge is 0.272 e. The van der Waals surface area contributed by atoms with Gasteiger partial charge in [0.05, 0.1) is 34.8 Å². The van der Waals surface area contributed by atoms with Crippen LogP contribution in [0.15, 0.2) is 76.2 Å². The van der Waals surface area contributed by atoms with Crippen molar-refractivity contribution in [1.82, 2.24) is 0 Å². The van der Waals surface area contributed by atoms with Gasteiger partial charge in [-0.05, 0) is 60.9 Å². The van der Waals surface area contributed by atoms with E-state index in [9.17, 15) is 9.59 Å². The van der Waals surface area contributed by atoms with E-state index in [1.54, 1.807) is 18.4 Å². The molecule has 0 saturated carbocycles. The van der Waals surface area contributed by atoms with Crippen LogP contribution in [0.2, 0.25) is 0 Å². The van der Waals surface area contributed by atoms with Gasteiger partial charge < -0.3 is 9.15 Å². The van der Waals surface area contributed by atoms with Crippen LogP contribution in [0.1, 0.15) is 30.2 Å². The van der Waals surface area contributed by atoms with Gasteiger partial charge in [-0.15, -0.1) is 11.8 Å². The van der Waals surface area contributed by atoms with Crippen LogP contribution < -0.4 is 9.64 Å². The SMILES string of the molecule is CCCOc1ccc(C2=C(SCc3ccco3)C(=O)N(c3cccc(C)c3)C2=O)cc1. The molecule has 4 rings (SSSR count). The molecule has 0 spiro atoms. The summed E-state index contributed by atoms with van der Waals surface area (Å²) in [6.45, 7) is 4.61. The molecule has 0 aliphatic carbocycles. The highest BCUT2D eigenvalue weighted by atomic mass is 32.2. The lowest BCUT2D eigenvalue weighted by Crippen LogP contribution is -2.31. The lowest BCUT2D eigenvalue weighted by molar-refractivity contribution is -0.119. The number of aryl methyl sites for hydroxylation is 1. The van der Waals surface area contributed by atoms with E-state index in [1.165, 1.54) is 16.7 Å². The van der Waals surface area contributed by atoms with E-state index < -0.39 is 0 Å². The second-order valence-electron chi connectivity index (χ2n) is 7.23. The Morgan fingerprint density at radius 2 is 1.81 bits per heavy atom. The Balaban J connectivity index is 1.70. The summed E-state index contributed by atoms with van der Waals surface area (Å²) in [5.74, 6) is 1.32. The summed E-state index contributed by atoms with van der Waals surface area (Å²) in [5.41, 5.74) is 2.65. The molecule has 1 aromatic heterocycles. The highest BCUT2D eigenvalue weighted by Gasteiger charge is 2.40. The Labute approximate surface area is 185 Å². The first-order chi connectivity index (χ1) is 15.1. The number of ether oxygens (including phenoxy) is 1. The number of furan rings is 1. The number of hydrogen-bond donors (Lipinski definition) is 0. The molecule has 0 unspecified atom stereocenters. The minimum Gasteiger partial charge on any atom is -0.494 e. The molecule has 0 atom stereocenters. The maximum Gasteiger partial charge on any atom is 0.272 e. The largest absolute Gasteiger partial charge is 0.494 e. The van der Waals surface area contributed by atoms with Crippen LogP contribution in [-0.4, -0.2) is 18.4 Å². The molecular weight excluding hydrogens is 410 g/mol. The van der Waals surface area contributed by atoms with Crippen molar-refractivity contribution in [1.29, 1.82) is 0 Å². The van der Waals surface area contributed by atoms with Gasteiger partial charge in [0.2, 0.25) is 0 Å². The Bertz CT molecular complexity index is 1120. The second-order valence-corrected chi connectivity index (χ2v) is 8.22. The van der Waals surface area contributed by atoms with Crippen molar-refractivity contribution >= 4 is 34.8 Å². The van der Waals surface area contributed by atoms with Gasteiger partial charge in [0, 0.05) is 0 Å². The fourth-order valence-corrected chi connectivity index (χ4v) is 4.39. The number of anilines is 1. The molecule has 6 heteroatoms. The number of amides is 2. The summed E-state index contributed by atoms with van der Waals surface area (Å²) in [4.78, 5) is 28.5. The summed E-state index contributed by atoms with van der Waals surface area (Å²) in [7, 11) is 0. The van der Waals surface area contributed by atoms with Crippen molar-refractivity contribution in [3.8, 4) is 5.75 Å². The van der Waals surface area contributed by atoms with E-state index in [4.69, 9.17) is 9.15 Å². The highest BCUT2D eigenvalue weighted by Crippen LogP contribution is 2.40. The maximum atomic E-state index is 13.4. The Kier molecular flexibility index (Phi) is 6.28. The zero-order valence-electron chi connectivity index (χ0n) is 17.5. The minimum atomic E-state index is -0.320. The van der Waals surface area contributed by atoms with Crippen molar-refractivity contribution in [2.24, 2.45) is 0 Å². The molecule has 0 radical (unpaired) electrons. The zero-order valence-corrected chi connectivity index (χ0v) is 18.3. The highest BCUT2D eigenvalue weighted by molar-refractivity contribution is 8.03. The van der Waals surface area contributed by atoms with Crippen LogP contribution in [0.4, 0.5) is 5.69 Å². The van der Waals surface area contributed by atoms with E-state index in [-0.39, 0.29) is 11.8 Å². The number of nitrogens with zero attached hydrogens (tertiary/aromatic N) is 1. The van der Waals surface area contributed by atoms with Crippen molar-refractivity contribution in [2.75, 3.05) is 11.5 Å². The van der Waals surface area contributed by atoms with Crippen molar-refractivity contribution in [2.45, 2.75) is 26.0 Å². The summed E-state index contributed by atoms with van der Waals surface area (Å²) in [6, 6.07) is 18.4. The number of rotatable bonds is 8. The Morgan fingerprint density at radius 1 is 1.00 bits per heavy atom. The van der Waals surface area contributed by atoms with Crippen molar-refractivity contribution in [3.63, 3.8) is 0 Å². The third-order valence-electron chi connectivity index (χ3n) is 4.86. The first kappa shape index (κ1) is 21.0. The van der Waals surface area contributed by atoms with E-state index in [0.717, 1.165) is 23.5 Å². The van der Waals surface area contributed by atoms with E-state index in [2.05, 4.69) is 0 Å². The number of benzene rings is 2. The van der Waals surface area contributed by atoms with Crippen molar-refractivity contribution < 1.29 is 18.7 Å². The molecule has 158 valence electrons. The van der Waals surface area contributed by atoms with Crippen LogP contribution >= 0.6 is 11.8 Å². The fraction of sp³-hybridized carbons (Fsp3) is 0.200. The molecule has 0 N–H and O–H groups in total. The van der Waals surface area contributed by atoms with Crippen LogP contribution in [0.5, 0.6) is 5.75 Å². The average molecular weight is 434 g/mol. The topological polar surface area (TPSA) is 59.8 Å². The van der Waals surface area contributed by atoms with Gasteiger partial charge in [-0.25, -0.2) is 4.90 Å². The minimum absolute atomic E-state index is 0.312. The predicted octanol–water partition coefficient (Wildman–Crippen LogP) is 5.59. The lowest BCUT2D eigenvalue weighted by atomic mass is 10.1. The molecule has 1 aliphatic heterocycles. The van der Waals surface area contributed by atoms with Gasteiger partial charge in [0.1, 0.15) is 11.5 Å². The van der Waals surface area contributed by atoms with E-state index in [1.807, 2.05) is 62.4 Å². The zero-order chi connectivity index (χ0) is 21.8. The van der Waals surface area contributed by atoms with Crippen LogP contribution in [-0.2, 0) is 15.3 Å². The Hall–Kier alpha value is -3.25. The summed E-state index contributed by atoms with van der Waals surface area (Å²) in [6.07, 6.45) is 2.51. The number of carbonyl (C=O) groups is 2. The molecule has 2 aromatic carbocycles. The van der Waals surface area contributed by atoms with E-state index >= 15 is 0 Å². The standard InChI is InChI=1S/C25H23NO4S/c1-3-13-29-20-11-9-18(10-12-20)22-23(31-16-21-8-5-14-30-21)25(28)26(24(22)27)19-7-4-6-17(2)15-19/h4-12,14-15H,3,13,16H2,1-2H3. The Morgan fingerprint density at radius 3 is 2.48 bits per heavy atom. The molecule has 3 aromatic rings. The monoisotopic (exact) mass is 433 g/mol. The normalized spacial score (nSPS) is 13.9. The molecule has 2 heterocycles. The quantitative estimate of drug-likeness (QED) is 0.433. The molecule has 5 nitrogen and oxygen atoms in total. The van der Waals surface area contributed by atoms with Crippen molar-refractivity contribution in [3.05, 3.63) is 88.7 Å². The van der Waals surface area contributed by atoms with Gasteiger partial charge in [-0.1, -0.05) is 31.2 Å². The molecule has 1 aliphatic rings. The number of imide groups is 1. The summed E-state index contributed by atoms with van der Waals surface area (Å²) in [5, 5.41) is 0. The molecule has 0 bridgehead atoms. The number of hydrogen-bond acceptors (Lipinski definition) is 5. The van der Waals surface area contributed by atoms with Gasteiger partial charge in [-0.3, -0.25) is 9.59 Å². The fourth-order valence-electron chi connectivity index (χ4n) is 3.38. The molecular formula is C25H23NO4S. The number of thioether (sulfide) groups is 1. The lowest BCUT2D eigenvalue weighted by Gasteiger charge is -2.15. The molecule has 31 heavy (non-hydrogen) atoms. The van der Waals surface area contributed by atoms with Gasteiger partial charge in [0.15, 0.2) is 0 Å². The third-order valence-corrected chi connectivity index (χ3v) is 5.95. The first-order valence-corrected chi connectivity index (χ1v) is 11.1. The van der Waals surface area contributed by atoms with Crippen LogP contribution in [0.3, 0.4) is 0 Å². The maximum absolute atomic E-state index is 13.4. The van der Waals surface area contributed by atoms with Gasteiger partial charge in [-0.2, -0.15) is 0 Å². The summed E-state index contributed by atoms with van der Waals surface area (Å²) >= 11 is 1.32. The third kappa shape index (κ3) is 4.44. The molecule has 0 saturated heterocycles. The molecule has 2 amide bonds. The second kappa shape index (κ2) is 9.27. The van der Waals surface area contributed by atoms with Crippen LogP contribution in [0.25, 0.3) is 5.57 Å². The average Bonchev–Trinajstić information content (AvgIpc) is 3.37.